The van der Waals surface area contributed by atoms with E-state index in [9.17, 15) is 0 Å². The molecule has 0 radical (unpaired) electrons. The zero-order valence-electron chi connectivity index (χ0n) is 13.0. The molecular weight excluding hydrogens is 280 g/mol. The summed E-state index contributed by atoms with van der Waals surface area (Å²) >= 11 is 0. The maximum absolute atomic E-state index is 5.53. The molecule has 110 valence electrons. The first-order valence-electron chi connectivity index (χ1n) is 8.09. The molecule has 0 aliphatic carbocycles. The predicted molar refractivity (Wildman–Crippen MR) is 98.1 cm³/mol. The molecule has 0 aliphatic rings. The van der Waals surface area contributed by atoms with E-state index in [1.165, 1.54) is 43.3 Å². The van der Waals surface area contributed by atoms with Crippen molar-refractivity contribution < 1.29 is 4.42 Å². The number of hydrogen-bond acceptors (Lipinski definition) is 1. The summed E-state index contributed by atoms with van der Waals surface area (Å²) in [6.45, 7) is 2.20. The highest BCUT2D eigenvalue weighted by atomic mass is 16.3. The molecule has 1 nitrogen and oxygen atoms in total. The van der Waals surface area contributed by atoms with E-state index in [4.69, 9.17) is 4.42 Å². The Labute approximate surface area is 134 Å². The van der Waals surface area contributed by atoms with E-state index >= 15 is 0 Å². The van der Waals surface area contributed by atoms with Crippen molar-refractivity contribution in [3.05, 3.63) is 72.5 Å². The maximum atomic E-state index is 5.53. The van der Waals surface area contributed by atoms with Crippen molar-refractivity contribution in [2.24, 2.45) is 0 Å². The molecule has 23 heavy (non-hydrogen) atoms. The molecule has 5 rings (SSSR count). The highest BCUT2D eigenvalue weighted by Gasteiger charge is 2.07. The molecule has 0 fully saturated rings. The molecule has 0 amide bonds. The molecule has 0 bridgehead atoms. The van der Waals surface area contributed by atoms with E-state index in [0.717, 1.165) is 12.0 Å². The van der Waals surface area contributed by atoms with Crippen LogP contribution in [0.4, 0.5) is 0 Å². The van der Waals surface area contributed by atoms with Crippen molar-refractivity contribution in [3.8, 4) is 0 Å². The Bertz CT molecular complexity index is 1190. The van der Waals surface area contributed by atoms with E-state index in [-0.39, 0.29) is 0 Å². The summed E-state index contributed by atoms with van der Waals surface area (Å²) in [5.41, 5.74) is 2.34. The van der Waals surface area contributed by atoms with Gasteiger partial charge in [0.2, 0.25) is 0 Å². The SMILES string of the molecule is CCc1ccc2cc3c(ccc4c5ccoc5ccc34)cc2c1. The van der Waals surface area contributed by atoms with Gasteiger partial charge in [0.1, 0.15) is 5.58 Å². The molecule has 5 aromatic rings. The summed E-state index contributed by atoms with van der Waals surface area (Å²) in [7, 11) is 0. The van der Waals surface area contributed by atoms with Crippen LogP contribution >= 0.6 is 0 Å². The van der Waals surface area contributed by atoms with Crippen molar-refractivity contribution in [1.29, 1.82) is 0 Å². The van der Waals surface area contributed by atoms with Gasteiger partial charge in [-0.15, -0.1) is 0 Å². The minimum atomic E-state index is 0.949. The first kappa shape index (κ1) is 12.7. The predicted octanol–water partition coefficient (Wildman–Crippen LogP) is 6.45. The average Bonchev–Trinajstić information content (AvgIpc) is 3.08. The van der Waals surface area contributed by atoms with Crippen LogP contribution in [0.15, 0.2) is 71.3 Å². The van der Waals surface area contributed by atoms with Gasteiger partial charge < -0.3 is 4.42 Å². The van der Waals surface area contributed by atoms with Crippen LogP contribution in [0.1, 0.15) is 12.5 Å². The molecule has 0 aliphatic heterocycles. The molecule has 0 atom stereocenters. The van der Waals surface area contributed by atoms with Gasteiger partial charge in [-0.3, -0.25) is 0 Å². The highest BCUT2D eigenvalue weighted by Crippen LogP contribution is 2.34. The van der Waals surface area contributed by atoms with Gasteiger partial charge in [0.15, 0.2) is 0 Å². The van der Waals surface area contributed by atoms with Crippen LogP contribution < -0.4 is 0 Å². The number of furan rings is 1. The average molecular weight is 296 g/mol. The third kappa shape index (κ3) is 1.80. The van der Waals surface area contributed by atoms with E-state index in [1.54, 1.807) is 6.26 Å². The molecule has 1 aromatic heterocycles. The van der Waals surface area contributed by atoms with E-state index in [2.05, 4.69) is 67.6 Å². The topological polar surface area (TPSA) is 13.1 Å². The quantitative estimate of drug-likeness (QED) is 0.256. The largest absolute Gasteiger partial charge is 0.464 e. The summed E-state index contributed by atoms with van der Waals surface area (Å²) in [4.78, 5) is 0. The van der Waals surface area contributed by atoms with Crippen molar-refractivity contribution in [2.75, 3.05) is 0 Å². The molecule has 0 spiro atoms. The standard InChI is InChI=1S/C22H16O/c1-2-14-3-4-15-13-21-16(12-17(15)11-14)5-6-18-19(21)7-8-22-20(18)9-10-23-22/h3-13H,2H2,1H3. The Morgan fingerprint density at radius 1 is 0.652 bits per heavy atom. The fraction of sp³-hybridized carbons (Fsp3) is 0.0909. The number of fused-ring (bicyclic) bond motifs is 6. The molecule has 0 N–H and O–H groups in total. The zero-order valence-corrected chi connectivity index (χ0v) is 13.0. The van der Waals surface area contributed by atoms with Gasteiger partial charge in [-0.05, 0) is 68.6 Å². The van der Waals surface area contributed by atoms with Gasteiger partial charge in [-0.1, -0.05) is 43.3 Å². The van der Waals surface area contributed by atoms with Gasteiger partial charge >= 0.3 is 0 Å². The summed E-state index contributed by atoms with van der Waals surface area (Å²) in [6, 6.07) is 22.1. The molecular formula is C22H16O. The van der Waals surface area contributed by atoms with Gasteiger partial charge in [-0.2, -0.15) is 0 Å². The second-order valence-corrected chi connectivity index (χ2v) is 6.17. The van der Waals surface area contributed by atoms with E-state index < -0.39 is 0 Å². The zero-order chi connectivity index (χ0) is 15.4. The van der Waals surface area contributed by atoms with Gasteiger partial charge in [0.25, 0.3) is 0 Å². The lowest BCUT2D eigenvalue weighted by molar-refractivity contribution is 0.616. The van der Waals surface area contributed by atoms with Crippen LogP contribution in [0.5, 0.6) is 0 Å². The van der Waals surface area contributed by atoms with Gasteiger partial charge in [-0.25, -0.2) is 0 Å². The lowest BCUT2D eigenvalue weighted by Gasteiger charge is -2.08. The molecule has 0 unspecified atom stereocenters. The molecule has 4 aromatic carbocycles. The van der Waals surface area contributed by atoms with Crippen molar-refractivity contribution in [2.45, 2.75) is 13.3 Å². The summed E-state index contributed by atoms with van der Waals surface area (Å²) in [5, 5.41) is 8.95. The number of aryl methyl sites for hydroxylation is 1. The van der Waals surface area contributed by atoms with Gasteiger partial charge in [0, 0.05) is 5.39 Å². The third-order valence-corrected chi connectivity index (χ3v) is 4.88. The first-order chi connectivity index (χ1) is 11.3. The summed E-state index contributed by atoms with van der Waals surface area (Å²) in [6.07, 6.45) is 2.84. The van der Waals surface area contributed by atoms with E-state index in [0.29, 0.717) is 0 Å². The molecule has 0 saturated heterocycles. The number of hydrogen-bond donors (Lipinski definition) is 0. The van der Waals surface area contributed by atoms with Crippen LogP contribution in [-0.4, -0.2) is 0 Å². The van der Waals surface area contributed by atoms with Crippen LogP contribution in [-0.2, 0) is 6.42 Å². The lowest BCUT2D eigenvalue weighted by atomic mass is 9.96. The van der Waals surface area contributed by atoms with Crippen molar-refractivity contribution in [1.82, 2.24) is 0 Å². The minimum absolute atomic E-state index is 0.949. The van der Waals surface area contributed by atoms with Gasteiger partial charge in [0.05, 0.1) is 6.26 Å². The summed E-state index contributed by atoms with van der Waals surface area (Å²) in [5.74, 6) is 0. The normalized spacial score (nSPS) is 11.9. The highest BCUT2D eigenvalue weighted by molar-refractivity contribution is 6.18. The number of rotatable bonds is 1. The summed E-state index contributed by atoms with van der Waals surface area (Å²) < 4.78 is 5.53. The Balaban J connectivity index is 1.94. The Kier molecular flexibility index (Phi) is 2.54. The third-order valence-electron chi connectivity index (χ3n) is 4.88. The molecule has 1 heteroatoms. The van der Waals surface area contributed by atoms with Crippen LogP contribution in [0.2, 0.25) is 0 Å². The van der Waals surface area contributed by atoms with Crippen molar-refractivity contribution >= 4 is 43.3 Å². The van der Waals surface area contributed by atoms with E-state index in [1.807, 2.05) is 0 Å². The second kappa shape index (κ2) is 4.60. The lowest BCUT2D eigenvalue weighted by Crippen LogP contribution is -1.83. The Morgan fingerprint density at radius 3 is 2.39 bits per heavy atom. The smallest absolute Gasteiger partial charge is 0.134 e. The Hall–Kier alpha value is -2.80. The van der Waals surface area contributed by atoms with Crippen molar-refractivity contribution in [3.63, 3.8) is 0 Å². The second-order valence-electron chi connectivity index (χ2n) is 6.17. The first-order valence-corrected chi connectivity index (χ1v) is 8.09. The molecule has 0 saturated carbocycles. The molecule has 1 heterocycles. The van der Waals surface area contributed by atoms with Crippen LogP contribution in [0, 0.1) is 0 Å². The minimum Gasteiger partial charge on any atom is -0.464 e. The fourth-order valence-electron chi connectivity index (χ4n) is 3.61. The fourth-order valence-corrected chi connectivity index (χ4v) is 3.61. The van der Waals surface area contributed by atoms with Crippen LogP contribution in [0.3, 0.4) is 0 Å². The maximum Gasteiger partial charge on any atom is 0.134 e. The van der Waals surface area contributed by atoms with Crippen LogP contribution in [0.25, 0.3) is 43.3 Å². The Morgan fingerprint density at radius 2 is 1.48 bits per heavy atom. The monoisotopic (exact) mass is 296 g/mol. The number of benzene rings is 4.